The molecule has 7 aromatic carbocycles. The molecule has 0 saturated carbocycles. The van der Waals surface area contributed by atoms with Crippen molar-refractivity contribution < 1.29 is 24.5 Å². The van der Waals surface area contributed by atoms with Crippen molar-refractivity contribution in [2.24, 2.45) is 0 Å². The summed E-state index contributed by atoms with van der Waals surface area (Å²) in [5.41, 5.74) is 13.9. The van der Waals surface area contributed by atoms with E-state index >= 15 is 0 Å². The number of thiophene rings is 1. The Labute approximate surface area is 348 Å². The summed E-state index contributed by atoms with van der Waals surface area (Å²) < 4.78 is 9.61. The molecular formula is C51H33IrN3OS-2. The molecule has 0 bridgehead atoms. The smallest absolute Gasteiger partial charge is 0.135 e. The van der Waals surface area contributed by atoms with E-state index in [0.717, 1.165) is 77.8 Å². The minimum atomic E-state index is 0. The number of benzene rings is 7. The van der Waals surface area contributed by atoms with E-state index in [0.29, 0.717) is 0 Å². The summed E-state index contributed by atoms with van der Waals surface area (Å²) in [7, 11) is 0. The Kier molecular flexibility index (Phi) is 9.92. The maximum Gasteiger partial charge on any atom is 0.135 e. The third-order valence-electron chi connectivity index (χ3n) is 10.1. The van der Waals surface area contributed by atoms with Crippen molar-refractivity contribution >= 4 is 54.4 Å². The zero-order chi connectivity index (χ0) is 37.4. The first-order valence-corrected chi connectivity index (χ1v) is 19.4. The second-order valence-electron chi connectivity index (χ2n) is 13.8. The van der Waals surface area contributed by atoms with Crippen molar-refractivity contribution in [3.63, 3.8) is 0 Å². The van der Waals surface area contributed by atoms with Crippen molar-refractivity contribution in [1.82, 2.24) is 14.5 Å². The molecule has 4 aromatic heterocycles. The van der Waals surface area contributed by atoms with E-state index in [-0.39, 0.29) is 20.1 Å². The van der Waals surface area contributed by atoms with Crippen molar-refractivity contribution in [2.45, 2.75) is 6.92 Å². The van der Waals surface area contributed by atoms with Crippen LogP contribution in [0.4, 0.5) is 0 Å². The molecule has 0 aliphatic heterocycles. The third kappa shape index (κ3) is 7.00. The monoisotopic (exact) mass is 928 g/mol. The fraction of sp³-hybridized carbons (Fsp3) is 0.0196. The van der Waals surface area contributed by atoms with Crippen LogP contribution in [0.15, 0.2) is 187 Å². The van der Waals surface area contributed by atoms with Gasteiger partial charge in [-0.15, -0.1) is 41.3 Å². The summed E-state index contributed by atoms with van der Waals surface area (Å²) in [5, 5.41) is 7.04. The van der Waals surface area contributed by atoms with Crippen LogP contribution in [0, 0.1) is 18.4 Å². The first-order valence-electron chi connectivity index (χ1n) is 18.6. The number of imidazole rings is 1. The molecule has 0 saturated heterocycles. The number of nitrogens with zero attached hydrogens (tertiary/aromatic N) is 3. The van der Waals surface area contributed by atoms with E-state index in [4.69, 9.17) is 9.40 Å². The molecule has 1 radical (unpaired) electrons. The molecule has 0 fully saturated rings. The molecule has 0 N–H and O–H groups in total. The van der Waals surface area contributed by atoms with E-state index in [9.17, 15) is 0 Å². The minimum absolute atomic E-state index is 0. The first-order chi connectivity index (χ1) is 27.7. The molecule has 0 aliphatic carbocycles. The van der Waals surface area contributed by atoms with Crippen molar-refractivity contribution in [1.29, 1.82) is 0 Å². The van der Waals surface area contributed by atoms with Gasteiger partial charge in [-0.1, -0.05) is 119 Å². The van der Waals surface area contributed by atoms with Crippen LogP contribution in [-0.4, -0.2) is 14.5 Å². The molecule has 6 heteroatoms. The average Bonchev–Trinajstić information content (AvgIpc) is 3.97. The first kappa shape index (κ1) is 36.2. The normalized spacial score (nSPS) is 11.1. The van der Waals surface area contributed by atoms with Gasteiger partial charge in [0.2, 0.25) is 0 Å². The summed E-state index contributed by atoms with van der Waals surface area (Å²) in [6.45, 7) is 2.09. The summed E-state index contributed by atoms with van der Waals surface area (Å²) in [4.78, 5) is 9.38. The Morgan fingerprint density at radius 1 is 0.596 bits per heavy atom. The quantitative estimate of drug-likeness (QED) is 0.162. The van der Waals surface area contributed by atoms with Gasteiger partial charge in [-0.2, -0.15) is 0 Å². The Balaban J connectivity index is 0.000000279. The molecule has 0 unspecified atom stereocenters. The molecule has 11 rings (SSSR count). The maximum absolute atomic E-state index is 6.16. The van der Waals surface area contributed by atoms with E-state index in [2.05, 4.69) is 149 Å². The van der Waals surface area contributed by atoms with Gasteiger partial charge in [0.25, 0.3) is 0 Å². The van der Waals surface area contributed by atoms with E-state index < -0.39 is 0 Å². The van der Waals surface area contributed by atoms with Gasteiger partial charge in [0.15, 0.2) is 0 Å². The number of fused-ring (bicyclic) bond motifs is 5. The van der Waals surface area contributed by atoms with Crippen LogP contribution < -0.4 is 0 Å². The number of hydrogen-bond donors (Lipinski definition) is 0. The molecule has 4 heterocycles. The van der Waals surface area contributed by atoms with E-state index in [1.165, 1.54) is 21.4 Å². The Morgan fingerprint density at radius 2 is 1.33 bits per heavy atom. The number of rotatable bonds is 5. The second-order valence-corrected chi connectivity index (χ2v) is 14.6. The van der Waals surface area contributed by atoms with Gasteiger partial charge in [-0.25, -0.2) is 0 Å². The van der Waals surface area contributed by atoms with Crippen molar-refractivity contribution in [2.75, 3.05) is 0 Å². The second kappa shape index (κ2) is 15.6. The van der Waals surface area contributed by atoms with Crippen LogP contribution in [0.25, 0.3) is 93.6 Å². The maximum atomic E-state index is 6.16. The molecule has 275 valence electrons. The Hall–Kier alpha value is -6.43. The van der Waals surface area contributed by atoms with Crippen molar-refractivity contribution in [3.8, 4) is 50.6 Å². The van der Waals surface area contributed by atoms with Gasteiger partial charge in [-0.3, -0.25) is 16.3 Å². The van der Waals surface area contributed by atoms with Crippen LogP contribution in [0.5, 0.6) is 0 Å². The van der Waals surface area contributed by atoms with E-state index in [1.807, 2.05) is 54.6 Å². The van der Waals surface area contributed by atoms with Gasteiger partial charge in [0.1, 0.15) is 11.2 Å². The molecular weight excluding hydrogens is 895 g/mol. The zero-order valence-corrected chi connectivity index (χ0v) is 34.0. The van der Waals surface area contributed by atoms with Gasteiger partial charge in [0.05, 0.1) is 16.9 Å². The van der Waals surface area contributed by atoms with Gasteiger partial charge >= 0.3 is 0 Å². The fourth-order valence-electron chi connectivity index (χ4n) is 7.35. The third-order valence-corrected chi connectivity index (χ3v) is 11.0. The van der Waals surface area contributed by atoms with Gasteiger partial charge in [-0.05, 0) is 89.0 Å². The summed E-state index contributed by atoms with van der Waals surface area (Å²) in [5.74, 6) is 0.897. The minimum Gasteiger partial charge on any atom is -0.456 e. The summed E-state index contributed by atoms with van der Waals surface area (Å²) >= 11 is 1.64. The van der Waals surface area contributed by atoms with Crippen LogP contribution in [0.2, 0.25) is 0 Å². The number of furan rings is 1. The van der Waals surface area contributed by atoms with Crippen LogP contribution in [-0.2, 0) is 20.1 Å². The predicted octanol–water partition coefficient (Wildman–Crippen LogP) is 13.8. The molecule has 57 heavy (non-hydrogen) atoms. The molecule has 0 aliphatic rings. The standard InChI is InChI=1S/C40H25N2OS.C11H8N.Ir/c1-25-11-18-31-32-22-28(14-19-37(32)43-38(31)21-25)29-15-20-39-33(23-29)34(24-44-39)40-41-35-9-5-6-10-36(35)42(40)30-16-12-27(13-17-30)26-7-3-2-4-8-26;1-2-6-10(7-3-1)11-8-4-5-9-12-11;/h2-23H,1H3;1-6,8-9H;/q2*-1;. The summed E-state index contributed by atoms with van der Waals surface area (Å²) in [6, 6.07) is 64.0. The largest absolute Gasteiger partial charge is 0.456 e. The SMILES string of the molecule is Cc1ccc2c(c1)oc1ccc(-c3ccc4s[c-]c(-c5nc6ccccc6n5-c5ccc(-c6ccccc6)cc5)c4c3)cc12.[Ir].[c-]1ccccc1-c1ccccn1. The fourth-order valence-corrected chi connectivity index (χ4v) is 8.17. The number of hydrogen-bond acceptors (Lipinski definition) is 4. The zero-order valence-electron chi connectivity index (χ0n) is 30.8. The topological polar surface area (TPSA) is 43.9 Å². The Bertz CT molecular complexity index is 3100. The van der Waals surface area contributed by atoms with Crippen molar-refractivity contribution in [3.05, 3.63) is 199 Å². The van der Waals surface area contributed by atoms with Crippen LogP contribution in [0.3, 0.4) is 0 Å². The van der Waals surface area contributed by atoms with E-state index in [1.54, 1.807) is 17.5 Å². The molecule has 0 atom stereocenters. The van der Waals surface area contributed by atoms with Gasteiger partial charge in [0, 0.05) is 42.8 Å². The average molecular weight is 928 g/mol. The number of para-hydroxylation sites is 2. The van der Waals surface area contributed by atoms with Crippen LogP contribution >= 0.6 is 11.3 Å². The summed E-state index contributed by atoms with van der Waals surface area (Å²) in [6.07, 6.45) is 1.79. The van der Waals surface area contributed by atoms with Crippen LogP contribution in [0.1, 0.15) is 5.56 Å². The Morgan fingerprint density at radius 3 is 2.14 bits per heavy atom. The van der Waals surface area contributed by atoms with Gasteiger partial charge < -0.3 is 14.0 Å². The number of pyridine rings is 1. The molecule has 0 amide bonds. The number of aromatic nitrogens is 3. The molecule has 4 nitrogen and oxygen atoms in total. The predicted molar refractivity (Wildman–Crippen MR) is 232 cm³/mol. The molecule has 11 aromatic rings. The number of aryl methyl sites for hydroxylation is 1. The molecule has 0 spiro atoms.